The van der Waals surface area contributed by atoms with E-state index in [1.165, 1.54) is 11.1 Å². The van der Waals surface area contributed by atoms with E-state index in [4.69, 9.17) is 4.74 Å². The van der Waals surface area contributed by atoms with Gasteiger partial charge in [-0.15, -0.1) is 0 Å². The van der Waals surface area contributed by atoms with Crippen LogP contribution in [0.3, 0.4) is 0 Å². The first kappa shape index (κ1) is 18.9. The first-order chi connectivity index (χ1) is 14.0. The Labute approximate surface area is 165 Å². The molecule has 4 rings (SSSR count). The molecule has 0 bridgehead atoms. The first-order valence-electron chi connectivity index (χ1n) is 9.24. The fourth-order valence-corrected chi connectivity index (χ4v) is 3.41. The number of anilines is 1. The quantitative estimate of drug-likeness (QED) is 0.695. The number of amides is 2. The Hall–Kier alpha value is -3.42. The lowest BCUT2D eigenvalue weighted by Crippen LogP contribution is -2.31. The first-order valence-corrected chi connectivity index (χ1v) is 9.24. The smallest absolute Gasteiger partial charge is 0.410 e. The Morgan fingerprint density at radius 3 is 2.72 bits per heavy atom. The standard InChI is InChI=1S/C21H19F2N3O3/c22-16-8-15-18(9-17(16)23)24-10-19(15)25-20(27)14-6-7-26(11-14)21(28)29-12-13-4-2-1-3-5-13/h1-5,8-10,14,24H,6-7,11-12H2,(H,25,27)/t14-/m0/s1. The maximum atomic E-state index is 13.5. The monoisotopic (exact) mass is 399 g/mol. The molecular weight excluding hydrogens is 380 g/mol. The number of halogens is 2. The van der Waals surface area contributed by atoms with Gasteiger partial charge in [-0.25, -0.2) is 13.6 Å². The molecule has 29 heavy (non-hydrogen) atoms. The van der Waals surface area contributed by atoms with Crippen LogP contribution in [0.15, 0.2) is 48.7 Å². The minimum Gasteiger partial charge on any atom is -0.445 e. The van der Waals surface area contributed by atoms with E-state index >= 15 is 0 Å². The van der Waals surface area contributed by atoms with E-state index in [-0.39, 0.29) is 19.1 Å². The van der Waals surface area contributed by atoms with Crippen LogP contribution >= 0.6 is 0 Å². The van der Waals surface area contributed by atoms with Gasteiger partial charge in [0.2, 0.25) is 5.91 Å². The highest BCUT2D eigenvalue weighted by atomic mass is 19.2. The number of aromatic nitrogens is 1. The highest BCUT2D eigenvalue weighted by Gasteiger charge is 2.32. The van der Waals surface area contributed by atoms with Gasteiger partial charge in [0, 0.05) is 30.7 Å². The summed E-state index contributed by atoms with van der Waals surface area (Å²) in [7, 11) is 0. The van der Waals surface area contributed by atoms with E-state index in [0.29, 0.717) is 29.6 Å². The molecule has 1 atom stereocenters. The van der Waals surface area contributed by atoms with Crippen LogP contribution in [0.1, 0.15) is 12.0 Å². The van der Waals surface area contributed by atoms with Gasteiger partial charge < -0.3 is 19.9 Å². The van der Waals surface area contributed by atoms with E-state index in [0.717, 1.165) is 17.7 Å². The van der Waals surface area contributed by atoms with Crippen molar-refractivity contribution >= 4 is 28.6 Å². The van der Waals surface area contributed by atoms with Crippen LogP contribution in [0.4, 0.5) is 19.3 Å². The zero-order chi connectivity index (χ0) is 20.4. The summed E-state index contributed by atoms with van der Waals surface area (Å²) in [6.45, 7) is 0.828. The van der Waals surface area contributed by atoms with Crippen LogP contribution in [-0.4, -0.2) is 35.0 Å². The van der Waals surface area contributed by atoms with Crippen molar-refractivity contribution in [1.29, 1.82) is 0 Å². The van der Waals surface area contributed by atoms with Crippen LogP contribution in [0.2, 0.25) is 0 Å². The molecule has 0 unspecified atom stereocenters. The summed E-state index contributed by atoms with van der Waals surface area (Å²) < 4.78 is 32.1. The molecular formula is C21H19F2N3O3. The SMILES string of the molecule is O=C(Nc1c[nH]c2cc(F)c(F)cc12)[C@H]1CCN(C(=O)OCc2ccccc2)C1. The van der Waals surface area contributed by atoms with Crippen LogP contribution < -0.4 is 5.32 Å². The van der Waals surface area contributed by atoms with Crippen molar-refractivity contribution in [1.82, 2.24) is 9.88 Å². The Balaban J connectivity index is 1.35. The molecule has 1 saturated heterocycles. The van der Waals surface area contributed by atoms with Gasteiger partial charge in [-0.2, -0.15) is 0 Å². The average Bonchev–Trinajstić information content (AvgIpc) is 3.36. The van der Waals surface area contributed by atoms with Crippen molar-refractivity contribution in [3.63, 3.8) is 0 Å². The molecule has 2 amide bonds. The van der Waals surface area contributed by atoms with Crippen LogP contribution in [0.5, 0.6) is 0 Å². The zero-order valence-electron chi connectivity index (χ0n) is 15.5. The molecule has 0 aliphatic carbocycles. The predicted molar refractivity (Wildman–Crippen MR) is 103 cm³/mol. The van der Waals surface area contributed by atoms with Crippen LogP contribution in [0, 0.1) is 17.6 Å². The van der Waals surface area contributed by atoms with Crippen molar-refractivity contribution in [2.24, 2.45) is 5.92 Å². The van der Waals surface area contributed by atoms with E-state index in [2.05, 4.69) is 10.3 Å². The summed E-state index contributed by atoms with van der Waals surface area (Å²) in [5, 5.41) is 3.12. The van der Waals surface area contributed by atoms with Gasteiger partial charge in [0.1, 0.15) is 6.61 Å². The summed E-state index contributed by atoms with van der Waals surface area (Å²) in [4.78, 5) is 29.1. The van der Waals surface area contributed by atoms with Gasteiger partial charge in [-0.3, -0.25) is 4.79 Å². The molecule has 0 radical (unpaired) electrons. The zero-order valence-corrected chi connectivity index (χ0v) is 15.5. The summed E-state index contributed by atoms with van der Waals surface area (Å²) >= 11 is 0. The van der Waals surface area contributed by atoms with Crippen molar-refractivity contribution in [2.45, 2.75) is 13.0 Å². The van der Waals surface area contributed by atoms with Crippen molar-refractivity contribution in [3.8, 4) is 0 Å². The number of benzene rings is 2. The molecule has 1 aliphatic heterocycles. The second-order valence-electron chi connectivity index (χ2n) is 6.98. The molecule has 2 aromatic carbocycles. The van der Waals surface area contributed by atoms with Crippen molar-refractivity contribution < 1.29 is 23.1 Å². The lowest BCUT2D eigenvalue weighted by Gasteiger charge is -2.16. The molecule has 1 fully saturated rings. The van der Waals surface area contributed by atoms with Gasteiger partial charge in [-0.05, 0) is 18.1 Å². The van der Waals surface area contributed by atoms with Gasteiger partial charge in [-0.1, -0.05) is 30.3 Å². The third-order valence-electron chi connectivity index (χ3n) is 5.00. The number of hydrogen-bond acceptors (Lipinski definition) is 3. The number of nitrogens with zero attached hydrogens (tertiary/aromatic N) is 1. The number of H-pyrrole nitrogens is 1. The second kappa shape index (κ2) is 7.90. The Morgan fingerprint density at radius 1 is 1.17 bits per heavy atom. The number of aromatic amines is 1. The molecule has 150 valence electrons. The predicted octanol–water partition coefficient (Wildman–Crippen LogP) is 4.04. The molecule has 8 heteroatoms. The fraction of sp³-hybridized carbons (Fsp3) is 0.238. The maximum Gasteiger partial charge on any atom is 0.410 e. The number of hydrogen-bond donors (Lipinski definition) is 2. The van der Waals surface area contributed by atoms with E-state index in [1.807, 2.05) is 30.3 Å². The van der Waals surface area contributed by atoms with Crippen molar-refractivity contribution in [3.05, 3.63) is 65.9 Å². The normalized spacial score (nSPS) is 16.2. The number of carbonyl (C=O) groups is 2. The molecule has 1 aliphatic rings. The number of rotatable bonds is 4. The average molecular weight is 399 g/mol. The summed E-state index contributed by atoms with van der Waals surface area (Å²) in [5.41, 5.74) is 1.64. The number of likely N-dealkylation sites (tertiary alicyclic amines) is 1. The summed E-state index contributed by atoms with van der Waals surface area (Å²) in [5.74, 6) is -2.64. The maximum absolute atomic E-state index is 13.5. The highest BCUT2D eigenvalue weighted by molar-refractivity contribution is 6.02. The second-order valence-corrected chi connectivity index (χ2v) is 6.98. The van der Waals surface area contributed by atoms with Gasteiger partial charge in [0.15, 0.2) is 11.6 Å². The topological polar surface area (TPSA) is 74.4 Å². The molecule has 2 heterocycles. The molecule has 6 nitrogen and oxygen atoms in total. The highest BCUT2D eigenvalue weighted by Crippen LogP contribution is 2.27. The lowest BCUT2D eigenvalue weighted by atomic mass is 10.1. The molecule has 0 spiro atoms. The largest absolute Gasteiger partial charge is 0.445 e. The number of fused-ring (bicyclic) bond motifs is 1. The fourth-order valence-electron chi connectivity index (χ4n) is 3.41. The Kier molecular flexibility index (Phi) is 5.16. The molecule has 2 N–H and O–H groups in total. The van der Waals surface area contributed by atoms with Gasteiger partial charge in [0.05, 0.1) is 17.1 Å². The summed E-state index contributed by atoms with van der Waals surface area (Å²) in [6, 6.07) is 11.4. The minimum absolute atomic E-state index is 0.171. The molecule has 0 saturated carbocycles. The van der Waals surface area contributed by atoms with Gasteiger partial charge in [0.25, 0.3) is 0 Å². The van der Waals surface area contributed by atoms with E-state index in [9.17, 15) is 18.4 Å². The van der Waals surface area contributed by atoms with Gasteiger partial charge >= 0.3 is 6.09 Å². The summed E-state index contributed by atoms with van der Waals surface area (Å²) in [6.07, 6.45) is 1.52. The third kappa shape index (κ3) is 4.06. The number of carbonyl (C=O) groups excluding carboxylic acids is 2. The van der Waals surface area contributed by atoms with Crippen molar-refractivity contribution in [2.75, 3.05) is 18.4 Å². The Bertz CT molecular complexity index is 1050. The van der Waals surface area contributed by atoms with E-state index in [1.54, 1.807) is 0 Å². The van der Waals surface area contributed by atoms with Crippen LogP contribution in [-0.2, 0) is 16.1 Å². The molecule has 3 aromatic rings. The molecule has 1 aromatic heterocycles. The van der Waals surface area contributed by atoms with E-state index < -0.39 is 23.6 Å². The third-order valence-corrected chi connectivity index (χ3v) is 5.00. The number of ether oxygens (including phenoxy) is 1. The lowest BCUT2D eigenvalue weighted by molar-refractivity contribution is -0.119. The minimum atomic E-state index is -0.985. The number of nitrogens with one attached hydrogen (secondary N) is 2. The Morgan fingerprint density at radius 2 is 1.93 bits per heavy atom. The van der Waals surface area contributed by atoms with Crippen LogP contribution in [0.25, 0.3) is 10.9 Å².